The van der Waals surface area contributed by atoms with Gasteiger partial charge in [-0.15, -0.1) is 0 Å². The van der Waals surface area contributed by atoms with Crippen molar-refractivity contribution < 1.29 is 5.11 Å². The van der Waals surface area contributed by atoms with Gasteiger partial charge in [-0.3, -0.25) is 0 Å². The number of nitrogen functional groups attached to an aromatic ring is 1. The number of hydrogen-bond acceptors (Lipinski definition) is 4. The molecule has 1 aromatic rings. The maximum atomic E-state index is 11.0. The molecule has 1 aliphatic heterocycles. The van der Waals surface area contributed by atoms with Crippen LogP contribution in [0.15, 0.2) is 12.3 Å². The first-order valence-corrected chi connectivity index (χ1v) is 6.73. The molecule has 0 radical (unpaired) electrons. The molecule has 18 heavy (non-hydrogen) atoms. The van der Waals surface area contributed by atoms with E-state index >= 15 is 0 Å². The van der Waals surface area contributed by atoms with Gasteiger partial charge in [0.05, 0.1) is 5.60 Å². The highest BCUT2D eigenvalue weighted by Crippen LogP contribution is 2.37. The van der Waals surface area contributed by atoms with E-state index in [9.17, 15) is 5.11 Å². The highest BCUT2D eigenvalue weighted by molar-refractivity contribution is 5.47. The van der Waals surface area contributed by atoms with Crippen LogP contribution in [0.1, 0.15) is 37.3 Å². The normalized spacial score (nSPS) is 25.9. The third-order valence-electron chi connectivity index (χ3n) is 4.01. The van der Waals surface area contributed by atoms with Crippen molar-refractivity contribution in [1.29, 1.82) is 0 Å². The first-order valence-electron chi connectivity index (χ1n) is 6.73. The summed E-state index contributed by atoms with van der Waals surface area (Å²) in [5.74, 6) is 0.474. The van der Waals surface area contributed by atoms with E-state index in [-0.39, 0.29) is 0 Å². The number of likely N-dealkylation sites (tertiary alicyclic amines) is 1. The molecule has 1 unspecified atom stereocenters. The van der Waals surface area contributed by atoms with E-state index in [2.05, 4.69) is 16.8 Å². The van der Waals surface area contributed by atoms with Gasteiger partial charge in [0.1, 0.15) is 5.82 Å². The van der Waals surface area contributed by atoms with Crippen molar-refractivity contribution in [3.8, 4) is 0 Å². The molecule has 0 bridgehead atoms. The number of hydrogen-bond donors (Lipinski definition) is 2. The topological polar surface area (TPSA) is 62.4 Å². The standard InChI is InChI=1S/C14H23N3O/c1-3-17-9-4-6-14(18,7-10-17)12-11(2)5-8-16-13(12)15/h5,8,18H,3-4,6-7,9-10H2,1-2H3,(H2,15,16). The number of aromatic nitrogens is 1. The van der Waals surface area contributed by atoms with Crippen molar-refractivity contribution in [2.45, 2.75) is 38.7 Å². The maximum absolute atomic E-state index is 11.0. The van der Waals surface area contributed by atoms with Gasteiger partial charge in [0.2, 0.25) is 0 Å². The smallest absolute Gasteiger partial charge is 0.129 e. The number of rotatable bonds is 2. The zero-order valence-electron chi connectivity index (χ0n) is 11.3. The third kappa shape index (κ3) is 2.49. The van der Waals surface area contributed by atoms with Crippen molar-refractivity contribution in [3.63, 3.8) is 0 Å². The van der Waals surface area contributed by atoms with Crippen LogP contribution in [0.25, 0.3) is 0 Å². The molecule has 0 spiro atoms. The Hall–Kier alpha value is -1.13. The Morgan fingerprint density at radius 2 is 2.22 bits per heavy atom. The summed E-state index contributed by atoms with van der Waals surface area (Å²) in [6, 6.07) is 1.92. The predicted molar refractivity (Wildman–Crippen MR) is 73.2 cm³/mol. The fraction of sp³-hybridized carbons (Fsp3) is 0.643. The second-order valence-corrected chi connectivity index (χ2v) is 5.21. The summed E-state index contributed by atoms with van der Waals surface area (Å²) in [5.41, 5.74) is 7.03. The van der Waals surface area contributed by atoms with Crippen LogP contribution >= 0.6 is 0 Å². The van der Waals surface area contributed by atoms with Gasteiger partial charge in [0, 0.05) is 18.3 Å². The molecular formula is C14H23N3O. The van der Waals surface area contributed by atoms with Crippen molar-refractivity contribution in [3.05, 3.63) is 23.4 Å². The summed E-state index contributed by atoms with van der Waals surface area (Å²) in [6.45, 7) is 7.16. The van der Waals surface area contributed by atoms with Gasteiger partial charge >= 0.3 is 0 Å². The average Bonchev–Trinajstić information content (AvgIpc) is 2.51. The Morgan fingerprint density at radius 3 is 2.89 bits per heavy atom. The minimum Gasteiger partial charge on any atom is -0.385 e. The fourth-order valence-electron chi connectivity index (χ4n) is 2.93. The highest BCUT2D eigenvalue weighted by atomic mass is 16.3. The second kappa shape index (κ2) is 5.24. The summed E-state index contributed by atoms with van der Waals surface area (Å²) in [6.07, 6.45) is 4.20. The lowest BCUT2D eigenvalue weighted by atomic mass is 9.84. The molecule has 1 atom stereocenters. The largest absolute Gasteiger partial charge is 0.385 e. The van der Waals surface area contributed by atoms with Gasteiger partial charge in [0.25, 0.3) is 0 Å². The van der Waals surface area contributed by atoms with Crippen LogP contribution in [0.5, 0.6) is 0 Å². The van der Waals surface area contributed by atoms with Crippen molar-refractivity contribution >= 4 is 5.82 Å². The van der Waals surface area contributed by atoms with Gasteiger partial charge in [-0.25, -0.2) is 4.98 Å². The molecule has 1 aliphatic rings. The summed E-state index contributed by atoms with van der Waals surface area (Å²) in [7, 11) is 0. The van der Waals surface area contributed by atoms with E-state index in [1.54, 1.807) is 6.20 Å². The first kappa shape index (κ1) is 13.3. The lowest BCUT2D eigenvalue weighted by molar-refractivity contribution is 0.0213. The molecule has 4 heteroatoms. The minimum absolute atomic E-state index is 0.474. The fourth-order valence-corrected chi connectivity index (χ4v) is 2.93. The van der Waals surface area contributed by atoms with Gasteiger partial charge < -0.3 is 15.7 Å². The Kier molecular flexibility index (Phi) is 3.88. The number of aliphatic hydroxyl groups is 1. The molecule has 0 aliphatic carbocycles. The number of pyridine rings is 1. The van der Waals surface area contributed by atoms with Crippen molar-refractivity contribution in [2.75, 3.05) is 25.4 Å². The molecule has 0 saturated carbocycles. The van der Waals surface area contributed by atoms with Crippen LogP contribution in [0.4, 0.5) is 5.82 Å². The number of nitrogens with zero attached hydrogens (tertiary/aromatic N) is 2. The van der Waals surface area contributed by atoms with Crippen LogP contribution in [-0.4, -0.2) is 34.6 Å². The Labute approximate surface area is 109 Å². The van der Waals surface area contributed by atoms with E-state index in [0.717, 1.165) is 50.0 Å². The van der Waals surface area contributed by atoms with E-state index < -0.39 is 5.60 Å². The van der Waals surface area contributed by atoms with E-state index in [0.29, 0.717) is 5.82 Å². The molecule has 1 fully saturated rings. The summed E-state index contributed by atoms with van der Waals surface area (Å²) >= 11 is 0. The van der Waals surface area contributed by atoms with Gasteiger partial charge in [-0.2, -0.15) is 0 Å². The zero-order valence-corrected chi connectivity index (χ0v) is 11.3. The molecule has 0 aromatic carbocycles. The Bertz CT molecular complexity index is 401. The molecular weight excluding hydrogens is 226 g/mol. The maximum Gasteiger partial charge on any atom is 0.129 e. The molecule has 1 aromatic heterocycles. The Morgan fingerprint density at radius 1 is 1.44 bits per heavy atom. The number of anilines is 1. The minimum atomic E-state index is -0.813. The lowest BCUT2D eigenvalue weighted by Gasteiger charge is -2.29. The van der Waals surface area contributed by atoms with Crippen LogP contribution in [-0.2, 0) is 5.60 Å². The van der Waals surface area contributed by atoms with Crippen LogP contribution in [0.2, 0.25) is 0 Å². The SMILES string of the molecule is CCN1CCCC(O)(c2c(C)ccnc2N)CC1. The molecule has 4 nitrogen and oxygen atoms in total. The molecule has 3 N–H and O–H groups in total. The third-order valence-corrected chi connectivity index (χ3v) is 4.01. The van der Waals surface area contributed by atoms with E-state index in [1.165, 1.54) is 0 Å². The Balaban J connectivity index is 2.30. The van der Waals surface area contributed by atoms with Crippen LogP contribution < -0.4 is 5.73 Å². The first-order chi connectivity index (χ1) is 8.57. The van der Waals surface area contributed by atoms with Gasteiger partial charge in [-0.05, 0) is 50.9 Å². The summed E-state index contributed by atoms with van der Waals surface area (Å²) in [4.78, 5) is 6.51. The van der Waals surface area contributed by atoms with E-state index in [4.69, 9.17) is 5.73 Å². The van der Waals surface area contributed by atoms with Gasteiger partial charge in [-0.1, -0.05) is 6.92 Å². The summed E-state index contributed by atoms with van der Waals surface area (Å²) < 4.78 is 0. The molecule has 2 heterocycles. The zero-order chi connectivity index (χ0) is 13.2. The predicted octanol–water partition coefficient (Wildman–Crippen LogP) is 1.67. The van der Waals surface area contributed by atoms with Crippen molar-refractivity contribution in [2.24, 2.45) is 0 Å². The lowest BCUT2D eigenvalue weighted by Crippen LogP contribution is -2.31. The monoisotopic (exact) mass is 249 g/mol. The van der Waals surface area contributed by atoms with Crippen molar-refractivity contribution in [1.82, 2.24) is 9.88 Å². The molecule has 100 valence electrons. The van der Waals surface area contributed by atoms with Crippen LogP contribution in [0.3, 0.4) is 0 Å². The van der Waals surface area contributed by atoms with E-state index in [1.807, 2.05) is 13.0 Å². The second-order valence-electron chi connectivity index (χ2n) is 5.21. The van der Waals surface area contributed by atoms with Crippen LogP contribution in [0, 0.1) is 6.92 Å². The highest BCUT2D eigenvalue weighted by Gasteiger charge is 2.34. The molecule has 1 saturated heterocycles. The molecule has 0 amide bonds. The number of aryl methyl sites for hydroxylation is 1. The van der Waals surface area contributed by atoms with Gasteiger partial charge in [0.15, 0.2) is 0 Å². The average molecular weight is 249 g/mol. The quantitative estimate of drug-likeness (QED) is 0.837. The number of nitrogens with two attached hydrogens (primary N) is 1. The summed E-state index contributed by atoms with van der Waals surface area (Å²) in [5, 5.41) is 11.0. The molecule has 2 rings (SSSR count).